The van der Waals surface area contributed by atoms with Crippen molar-refractivity contribution in [2.75, 3.05) is 0 Å². The summed E-state index contributed by atoms with van der Waals surface area (Å²) in [5.74, 6) is 0. The Hall–Kier alpha value is -1.44. The molecule has 0 spiro atoms. The van der Waals surface area contributed by atoms with Crippen LogP contribution in [0.2, 0.25) is 0 Å². The zero-order valence-electron chi connectivity index (χ0n) is 6.58. The van der Waals surface area contributed by atoms with Crippen LogP contribution >= 0.6 is 0 Å². The summed E-state index contributed by atoms with van der Waals surface area (Å²) in [5.41, 5.74) is 1.30. The third-order valence-electron chi connectivity index (χ3n) is 1.15. The maximum Gasteiger partial charge on any atom is 0.107 e. The van der Waals surface area contributed by atoms with E-state index in [4.69, 9.17) is 0 Å². The molecule has 0 unspecified atom stereocenters. The van der Waals surface area contributed by atoms with Gasteiger partial charge in [0.1, 0.15) is 5.70 Å². The molecule has 0 aliphatic rings. The maximum atomic E-state index is 9.99. The van der Waals surface area contributed by atoms with E-state index in [1.54, 1.807) is 18.2 Å². The van der Waals surface area contributed by atoms with Crippen molar-refractivity contribution in [2.45, 2.75) is 6.92 Å². The van der Waals surface area contributed by atoms with Crippen molar-refractivity contribution in [3.8, 4) is 0 Å². The minimum Gasteiger partial charge on any atom is -0.145 e. The molecule has 0 aliphatic carbocycles. The third kappa shape index (κ3) is 4.03. The quantitative estimate of drug-likeness (QED) is 0.446. The first kappa shape index (κ1) is 9.56. The highest BCUT2D eigenvalue weighted by Crippen LogP contribution is 2.00. The lowest BCUT2D eigenvalue weighted by Gasteiger charge is -1.85. The van der Waals surface area contributed by atoms with Gasteiger partial charge in [-0.2, -0.15) is 0 Å². The van der Waals surface area contributed by atoms with Gasteiger partial charge in [0.05, 0.1) is 0 Å². The summed E-state index contributed by atoms with van der Waals surface area (Å²) in [5, 5.41) is 2.73. The van der Waals surface area contributed by atoms with Crippen LogP contribution in [0, 0.1) is 4.91 Å². The van der Waals surface area contributed by atoms with E-state index in [2.05, 4.69) is 18.3 Å². The van der Waals surface area contributed by atoms with Crippen LogP contribution in [0.5, 0.6) is 0 Å². The lowest BCUT2D eigenvalue weighted by Crippen LogP contribution is -1.68. The summed E-state index contributed by atoms with van der Waals surface area (Å²) in [6, 6.07) is 0. The molecule has 0 aliphatic heterocycles. The highest BCUT2D eigenvalue weighted by molar-refractivity contribution is 5.26. The Balaban J connectivity index is 4.40. The molecule has 0 atom stereocenters. The standard InChI is InChI=1S/C9H11NO/c1-4-8(3)6-7-9(5-2)10-11/h4-7H,1-2H2,3H3/b8-6-,9-7+. The van der Waals surface area contributed by atoms with Crippen molar-refractivity contribution >= 4 is 0 Å². The molecule has 0 aromatic rings. The Morgan fingerprint density at radius 1 is 1.27 bits per heavy atom. The first-order valence-electron chi connectivity index (χ1n) is 3.21. The van der Waals surface area contributed by atoms with Crippen LogP contribution in [0.3, 0.4) is 0 Å². The molecule has 0 heterocycles. The molecule has 0 fully saturated rings. The Morgan fingerprint density at radius 2 is 1.91 bits per heavy atom. The molecular formula is C9H11NO. The van der Waals surface area contributed by atoms with Crippen LogP contribution in [0.25, 0.3) is 0 Å². The summed E-state index contributed by atoms with van der Waals surface area (Å²) in [4.78, 5) is 9.99. The van der Waals surface area contributed by atoms with E-state index in [1.807, 2.05) is 6.92 Å². The summed E-state index contributed by atoms with van der Waals surface area (Å²) < 4.78 is 0. The number of rotatable bonds is 4. The van der Waals surface area contributed by atoms with Gasteiger partial charge in [-0.25, -0.2) is 0 Å². The van der Waals surface area contributed by atoms with Gasteiger partial charge in [0.25, 0.3) is 0 Å². The molecule has 0 N–H and O–H groups in total. The number of hydrogen-bond donors (Lipinski definition) is 0. The lowest BCUT2D eigenvalue weighted by atomic mass is 10.2. The Bertz CT molecular complexity index is 214. The molecular weight excluding hydrogens is 138 g/mol. The molecule has 0 aromatic heterocycles. The lowest BCUT2D eigenvalue weighted by molar-refractivity contribution is 1.38. The molecule has 0 saturated carbocycles. The molecule has 58 valence electrons. The van der Waals surface area contributed by atoms with Crippen LogP contribution in [0.15, 0.2) is 53.9 Å². The first-order chi connectivity index (χ1) is 5.24. The summed E-state index contributed by atoms with van der Waals surface area (Å²) in [6.07, 6.45) is 6.45. The predicted octanol–water partition coefficient (Wildman–Crippen LogP) is 2.96. The van der Waals surface area contributed by atoms with Crippen LogP contribution < -0.4 is 0 Å². The number of nitroso groups, excluding NO2 is 1. The number of hydrogen-bond acceptors (Lipinski definition) is 2. The van der Waals surface area contributed by atoms with Crippen molar-refractivity contribution in [3.63, 3.8) is 0 Å². The molecule has 0 saturated heterocycles. The second-order valence-corrected chi connectivity index (χ2v) is 2.00. The zero-order valence-corrected chi connectivity index (χ0v) is 6.58. The highest BCUT2D eigenvalue weighted by Gasteiger charge is 1.84. The Labute approximate surface area is 66.6 Å². The van der Waals surface area contributed by atoms with Gasteiger partial charge in [-0.05, 0) is 24.3 Å². The summed E-state index contributed by atoms with van der Waals surface area (Å²) in [7, 11) is 0. The first-order valence-corrected chi connectivity index (χ1v) is 3.21. The van der Waals surface area contributed by atoms with Crippen LogP contribution in [-0.2, 0) is 0 Å². The fraction of sp³-hybridized carbons (Fsp3) is 0.111. The second-order valence-electron chi connectivity index (χ2n) is 2.00. The molecule has 0 amide bonds. The van der Waals surface area contributed by atoms with Gasteiger partial charge in [-0.3, -0.25) is 0 Å². The normalized spacial score (nSPS) is 12.5. The fourth-order valence-corrected chi connectivity index (χ4v) is 0.421. The van der Waals surface area contributed by atoms with Crippen molar-refractivity contribution in [1.82, 2.24) is 0 Å². The monoisotopic (exact) mass is 149 g/mol. The zero-order chi connectivity index (χ0) is 8.69. The summed E-state index contributed by atoms with van der Waals surface area (Å²) >= 11 is 0. The molecule has 2 heteroatoms. The van der Waals surface area contributed by atoms with E-state index in [-0.39, 0.29) is 0 Å². The predicted molar refractivity (Wildman–Crippen MR) is 48.0 cm³/mol. The van der Waals surface area contributed by atoms with Gasteiger partial charge >= 0.3 is 0 Å². The highest BCUT2D eigenvalue weighted by atomic mass is 16.3. The minimum absolute atomic E-state index is 0.325. The average molecular weight is 149 g/mol. The Kier molecular flexibility index (Phi) is 4.65. The van der Waals surface area contributed by atoms with Gasteiger partial charge < -0.3 is 0 Å². The number of nitrogens with zero attached hydrogens (tertiary/aromatic N) is 1. The van der Waals surface area contributed by atoms with E-state index >= 15 is 0 Å². The second kappa shape index (κ2) is 5.35. The van der Waals surface area contributed by atoms with Gasteiger partial charge in [0, 0.05) is 0 Å². The van der Waals surface area contributed by atoms with Crippen LogP contribution in [0.1, 0.15) is 6.92 Å². The maximum absolute atomic E-state index is 9.99. The van der Waals surface area contributed by atoms with Crippen LogP contribution in [0.4, 0.5) is 0 Å². The van der Waals surface area contributed by atoms with E-state index in [9.17, 15) is 4.91 Å². The smallest absolute Gasteiger partial charge is 0.107 e. The largest absolute Gasteiger partial charge is 0.145 e. The van der Waals surface area contributed by atoms with Gasteiger partial charge in [0.2, 0.25) is 0 Å². The van der Waals surface area contributed by atoms with Gasteiger partial charge in [0.15, 0.2) is 0 Å². The molecule has 0 radical (unpaired) electrons. The van der Waals surface area contributed by atoms with Crippen LogP contribution in [-0.4, -0.2) is 0 Å². The third-order valence-corrected chi connectivity index (χ3v) is 1.15. The summed E-state index contributed by atoms with van der Waals surface area (Å²) in [6.45, 7) is 8.86. The Morgan fingerprint density at radius 3 is 2.27 bits per heavy atom. The van der Waals surface area contributed by atoms with E-state index in [0.717, 1.165) is 5.57 Å². The van der Waals surface area contributed by atoms with E-state index in [0.29, 0.717) is 5.70 Å². The fourth-order valence-electron chi connectivity index (χ4n) is 0.421. The van der Waals surface area contributed by atoms with E-state index in [1.165, 1.54) is 6.08 Å². The molecule has 0 rings (SSSR count). The molecule has 2 nitrogen and oxygen atoms in total. The minimum atomic E-state index is 0.325. The van der Waals surface area contributed by atoms with Crippen molar-refractivity contribution < 1.29 is 0 Å². The van der Waals surface area contributed by atoms with Crippen molar-refractivity contribution in [1.29, 1.82) is 0 Å². The molecule has 0 aromatic carbocycles. The average Bonchev–Trinajstić information content (AvgIpc) is 2.06. The number of allylic oxidation sites excluding steroid dienone is 5. The van der Waals surface area contributed by atoms with Gasteiger partial charge in [-0.1, -0.05) is 30.9 Å². The molecule has 11 heavy (non-hydrogen) atoms. The van der Waals surface area contributed by atoms with Gasteiger partial charge in [-0.15, -0.1) is 4.91 Å². The SMILES string of the molecule is C=C/C(C)=C\C=C(/C=C)N=O. The van der Waals surface area contributed by atoms with Crippen molar-refractivity contribution in [2.24, 2.45) is 5.18 Å². The topological polar surface area (TPSA) is 29.4 Å². The van der Waals surface area contributed by atoms with Crippen molar-refractivity contribution in [3.05, 3.63) is 53.6 Å². The van der Waals surface area contributed by atoms with E-state index < -0.39 is 0 Å². The molecule has 0 bridgehead atoms.